The van der Waals surface area contributed by atoms with Gasteiger partial charge in [0.25, 0.3) is 0 Å². The number of aromatic nitrogens is 2. The normalized spacial score (nSPS) is 9.83. The predicted molar refractivity (Wildman–Crippen MR) is 70.3 cm³/mol. The van der Waals surface area contributed by atoms with Gasteiger partial charge in [-0.05, 0) is 18.1 Å². The largest absolute Gasteiger partial charge is 0.350 e. The summed E-state index contributed by atoms with van der Waals surface area (Å²) in [5, 5.41) is 12.0. The van der Waals surface area contributed by atoms with Crippen molar-refractivity contribution in [2.75, 3.05) is 5.32 Å². The summed E-state index contributed by atoms with van der Waals surface area (Å²) in [6.45, 7) is 2.67. The lowest BCUT2D eigenvalue weighted by Crippen LogP contribution is -2.05. The average molecular weight is 259 g/mol. The minimum absolute atomic E-state index is 0.166. The highest BCUT2D eigenvalue weighted by molar-refractivity contribution is 6.30. The van der Waals surface area contributed by atoms with Crippen LogP contribution < -0.4 is 5.32 Å². The molecule has 2 rings (SSSR count). The summed E-state index contributed by atoms with van der Waals surface area (Å²) in [6, 6.07) is 9.98. The Morgan fingerprint density at radius 1 is 1.39 bits per heavy atom. The van der Waals surface area contributed by atoms with Crippen LogP contribution in [0.2, 0.25) is 5.15 Å². The van der Waals surface area contributed by atoms with Gasteiger partial charge < -0.3 is 5.32 Å². The van der Waals surface area contributed by atoms with Crippen molar-refractivity contribution in [3.05, 3.63) is 52.3 Å². The highest BCUT2D eigenvalue weighted by Gasteiger charge is 2.04. The van der Waals surface area contributed by atoms with Crippen molar-refractivity contribution < 1.29 is 0 Å². The second-order valence-electron chi connectivity index (χ2n) is 3.79. The Balaban J connectivity index is 2.10. The number of anilines is 1. The average Bonchev–Trinajstić information content (AvgIpc) is 2.38. The Hall–Kier alpha value is -2.12. The molecule has 90 valence electrons. The summed E-state index contributed by atoms with van der Waals surface area (Å²) in [4.78, 5) is 8.04. The fourth-order valence-electron chi connectivity index (χ4n) is 1.50. The Kier molecular flexibility index (Phi) is 3.75. The zero-order chi connectivity index (χ0) is 13.0. The second kappa shape index (κ2) is 5.48. The van der Waals surface area contributed by atoms with E-state index in [1.54, 1.807) is 0 Å². The van der Waals surface area contributed by atoms with Crippen molar-refractivity contribution in [2.45, 2.75) is 13.5 Å². The highest BCUT2D eigenvalue weighted by Crippen LogP contribution is 2.14. The van der Waals surface area contributed by atoms with Gasteiger partial charge in [-0.15, -0.1) is 0 Å². The summed E-state index contributed by atoms with van der Waals surface area (Å²) < 4.78 is 0. The molecule has 0 unspecified atom stereocenters. The molecular weight excluding hydrogens is 248 g/mol. The summed E-state index contributed by atoms with van der Waals surface area (Å²) >= 11 is 5.83. The van der Waals surface area contributed by atoms with Crippen molar-refractivity contribution in [1.29, 1.82) is 5.26 Å². The summed E-state index contributed by atoms with van der Waals surface area (Å²) in [6.07, 6.45) is 1.41. The Morgan fingerprint density at radius 3 is 2.83 bits per heavy atom. The molecule has 2 aromatic rings. The smallest absolute Gasteiger partial charge is 0.224 e. The zero-order valence-electron chi connectivity index (χ0n) is 9.81. The lowest BCUT2D eigenvalue weighted by Gasteiger charge is -2.07. The molecule has 1 heterocycles. The second-order valence-corrected chi connectivity index (χ2v) is 4.15. The first kappa shape index (κ1) is 12.3. The first-order valence-corrected chi connectivity index (χ1v) is 5.79. The molecule has 0 aliphatic carbocycles. The quantitative estimate of drug-likeness (QED) is 0.860. The molecule has 0 spiro atoms. The SMILES string of the molecule is Cc1ccccc1CNc1ncc(C#N)c(Cl)n1. The molecule has 5 heteroatoms. The van der Waals surface area contributed by atoms with Gasteiger partial charge in [0.15, 0.2) is 5.15 Å². The van der Waals surface area contributed by atoms with E-state index < -0.39 is 0 Å². The maximum Gasteiger partial charge on any atom is 0.224 e. The molecule has 1 aromatic carbocycles. The number of nitrogens with zero attached hydrogens (tertiary/aromatic N) is 3. The molecule has 0 aliphatic heterocycles. The maximum absolute atomic E-state index is 8.72. The van der Waals surface area contributed by atoms with Crippen LogP contribution in [0.1, 0.15) is 16.7 Å². The van der Waals surface area contributed by atoms with Crippen LogP contribution in [0, 0.1) is 18.3 Å². The molecule has 1 aromatic heterocycles. The third kappa shape index (κ3) is 2.76. The van der Waals surface area contributed by atoms with Crippen LogP contribution in [0.4, 0.5) is 5.95 Å². The lowest BCUT2D eigenvalue weighted by molar-refractivity contribution is 1.04. The number of rotatable bonds is 3. The van der Waals surface area contributed by atoms with Crippen LogP contribution in [-0.4, -0.2) is 9.97 Å². The molecule has 0 atom stereocenters. The van der Waals surface area contributed by atoms with Crippen LogP contribution in [0.5, 0.6) is 0 Å². The Labute approximate surface area is 110 Å². The third-order valence-electron chi connectivity index (χ3n) is 2.56. The van der Waals surface area contributed by atoms with Gasteiger partial charge in [-0.2, -0.15) is 10.2 Å². The van der Waals surface area contributed by atoms with Gasteiger partial charge >= 0.3 is 0 Å². The number of nitriles is 1. The Bertz CT molecular complexity index is 604. The Morgan fingerprint density at radius 2 is 2.17 bits per heavy atom. The van der Waals surface area contributed by atoms with E-state index in [4.69, 9.17) is 16.9 Å². The van der Waals surface area contributed by atoms with Gasteiger partial charge in [0.1, 0.15) is 11.6 Å². The molecule has 0 radical (unpaired) electrons. The van der Waals surface area contributed by atoms with E-state index in [1.165, 1.54) is 17.3 Å². The summed E-state index contributed by atoms with van der Waals surface area (Å²) in [7, 11) is 0. The molecule has 1 N–H and O–H groups in total. The summed E-state index contributed by atoms with van der Waals surface area (Å²) in [5.41, 5.74) is 2.64. The molecule has 0 aliphatic rings. The molecular formula is C13H11ClN4. The van der Waals surface area contributed by atoms with Crippen molar-refractivity contribution in [1.82, 2.24) is 9.97 Å². The summed E-state index contributed by atoms with van der Waals surface area (Å²) in [5.74, 6) is 0.419. The predicted octanol–water partition coefficient (Wildman–Crippen LogP) is 2.92. The van der Waals surface area contributed by atoms with E-state index in [9.17, 15) is 0 Å². The topological polar surface area (TPSA) is 61.6 Å². The number of benzene rings is 1. The third-order valence-corrected chi connectivity index (χ3v) is 2.85. The fourth-order valence-corrected chi connectivity index (χ4v) is 1.68. The van der Waals surface area contributed by atoms with Crippen LogP contribution in [0.25, 0.3) is 0 Å². The standard InChI is InChI=1S/C13H11ClN4/c1-9-4-2-3-5-10(9)7-16-13-17-8-11(6-15)12(14)18-13/h2-5,8H,7H2,1H3,(H,16,17,18). The van der Waals surface area contributed by atoms with Crippen LogP contribution in [-0.2, 0) is 6.54 Å². The zero-order valence-corrected chi connectivity index (χ0v) is 10.6. The van der Waals surface area contributed by atoms with Crippen LogP contribution in [0.3, 0.4) is 0 Å². The minimum atomic E-state index is 0.166. The number of halogens is 1. The van der Waals surface area contributed by atoms with E-state index in [1.807, 2.05) is 37.3 Å². The van der Waals surface area contributed by atoms with Gasteiger partial charge in [-0.25, -0.2) is 4.98 Å². The first-order valence-electron chi connectivity index (χ1n) is 5.41. The number of hydrogen-bond acceptors (Lipinski definition) is 4. The molecule has 0 saturated carbocycles. The van der Waals surface area contributed by atoms with E-state index in [0.29, 0.717) is 12.5 Å². The molecule has 18 heavy (non-hydrogen) atoms. The highest BCUT2D eigenvalue weighted by atomic mass is 35.5. The van der Waals surface area contributed by atoms with Crippen molar-refractivity contribution in [3.63, 3.8) is 0 Å². The number of hydrogen-bond donors (Lipinski definition) is 1. The van der Waals surface area contributed by atoms with Crippen molar-refractivity contribution in [3.8, 4) is 6.07 Å². The monoisotopic (exact) mass is 258 g/mol. The van der Waals surface area contributed by atoms with Crippen molar-refractivity contribution >= 4 is 17.5 Å². The fraction of sp³-hybridized carbons (Fsp3) is 0.154. The van der Waals surface area contributed by atoms with E-state index in [0.717, 1.165) is 0 Å². The molecule has 0 bridgehead atoms. The van der Waals surface area contributed by atoms with Gasteiger partial charge in [0, 0.05) is 6.54 Å². The van der Waals surface area contributed by atoms with Gasteiger partial charge in [-0.1, -0.05) is 35.9 Å². The van der Waals surface area contributed by atoms with Crippen LogP contribution in [0.15, 0.2) is 30.5 Å². The molecule has 0 saturated heterocycles. The molecule has 0 amide bonds. The first-order chi connectivity index (χ1) is 8.70. The van der Waals surface area contributed by atoms with Crippen LogP contribution >= 0.6 is 11.6 Å². The maximum atomic E-state index is 8.72. The lowest BCUT2D eigenvalue weighted by atomic mass is 10.1. The van der Waals surface area contributed by atoms with Gasteiger partial charge in [0.2, 0.25) is 5.95 Å². The minimum Gasteiger partial charge on any atom is -0.350 e. The van der Waals surface area contributed by atoms with E-state index >= 15 is 0 Å². The number of nitrogens with one attached hydrogen (secondary N) is 1. The molecule has 0 fully saturated rings. The van der Waals surface area contributed by atoms with Gasteiger partial charge in [-0.3, -0.25) is 0 Å². The van der Waals surface area contributed by atoms with E-state index in [2.05, 4.69) is 15.3 Å². The van der Waals surface area contributed by atoms with E-state index in [-0.39, 0.29) is 10.7 Å². The van der Waals surface area contributed by atoms with Gasteiger partial charge in [0.05, 0.1) is 6.20 Å². The number of aryl methyl sites for hydroxylation is 1. The van der Waals surface area contributed by atoms with Crippen molar-refractivity contribution in [2.24, 2.45) is 0 Å². The molecule has 4 nitrogen and oxygen atoms in total.